The number of aliphatic hydroxyl groups is 1. The second-order valence-corrected chi connectivity index (χ2v) is 2.30. The van der Waals surface area contributed by atoms with Crippen LogP contribution in [0.2, 0.25) is 0 Å². The van der Waals surface area contributed by atoms with Crippen molar-refractivity contribution in [3.05, 3.63) is 0 Å². The van der Waals surface area contributed by atoms with Crippen molar-refractivity contribution in [3.8, 4) is 0 Å². The molecule has 72 valence electrons. The highest BCUT2D eigenvalue weighted by Gasteiger charge is 2.09. The van der Waals surface area contributed by atoms with Gasteiger partial charge < -0.3 is 20.5 Å². The van der Waals surface area contributed by atoms with Gasteiger partial charge in [0.25, 0.3) is 0 Å². The van der Waals surface area contributed by atoms with Gasteiger partial charge in [-0.3, -0.25) is 0 Å². The number of amides is 1. The number of aliphatic hydroxyl groups excluding tert-OH is 1. The van der Waals surface area contributed by atoms with Gasteiger partial charge in [0, 0.05) is 6.54 Å². The fraction of sp³-hybridized carbons (Fsp3) is 0.857. The smallest absolute Gasteiger partial charge is 0.407 e. The van der Waals surface area contributed by atoms with Crippen LogP contribution in [0.1, 0.15) is 6.92 Å². The fourth-order valence-electron chi connectivity index (χ4n) is 0.747. The second kappa shape index (κ2) is 6.87. The summed E-state index contributed by atoms with van der Waals surface area (Å²) < 4.78 is 4.63. The van der Waals surface area contributed by atoms with E-state index in [-0.39, 0.29) is 12.6 Å². The zero-order valence-electron chi connectivity index (χ0n) is 7.46. The summed E-state index contributed by atoms with van der Waals surface area (Å²) >= 11 is 0. The van der Waals surface area contributed by atoms with Gasteiger partial charge in [-0.1, -0.05) is 0 Å². The van der Waals surface area contributed by atoms with E-state index >= 15 is 0 Å². The quantitative estimate of drug-likeness (QED) is 0.518. The lowest BCUT2D eigenvalue weighted by molar-refractivity contribution is 0.140. The lowest BCUT2D eigenvalue weighted by Gasteiger charge is -2.14. The van der Waals surface area contributed by atoms with Crippen molar-refractivity contribution in [1.82, 2.24) is 10.6 Å². The van der Waals surface area contributed by atoms with E-state index < -0.39 is 6.09 Å². The molecular formula is C7H16N2O3. The molecule has 5 heteroatoms. The van der Waals surface area contributed by atoms with Crippen molar-refractivity contribution in [2.75, 3.05) is 26.8 Å². The number of carbonyl (C=O) groups is 1. The Morgan fingerprint density at radius 2 is 2.33 bits per heavy atom. The molecule has 0 rings (SSSR count). The molecule has 0 saturated heterocycles. The normalized spacial score (nSPS) is 12.2. The summed E-state index contributed by atoms with van der Waals surface area (Å²) in [6.45, 7) is 2.49. The van der Waals surface area contributed by atoms with Crippen molar-refractivity contribution in [3.63, 3.8) is 0 Å². The van der Waals surface area contributed by atoms with Gasteiger partial charge in [-0.25, -0.2) is 4.79 Å². The van der Waals surface area contributed by atoms with E-state index in [0.717, 1.165) is 0 Å². The van der Waals surface area contributed by atoms with Gasteiger partial charge in [-0.2, -0.15) is 0 Å². The van der Waals surface area contributed by atoms with Crippen molar-refractivity contribution in [2.45, 2.75) is 13.0 Å². The van der Waals surface area contributed by atoms with E-state index in [9.17, 15) is 4.79 Å². The molecule has 0 aliphatic heterocycles. The molecule has 1 atom stereocenters. The highest BCUT2D eigenvalue weighted by atomic mass is 16.5. The van der Waals surface area contributed by atoms with Crippen molar-refractivity contribution >= 4 is 6.09 Å². The third-order valence-electron chi connectivity index (χ3n) is 1.27. The number of alkyl carbamates (subject to hydrolysis) is 1. The van der Waals surface area contributed by atoms with Gasteiger partial charge in [0.15, 0.2) is 0 Å². The Hall–Kier alpha value is -0.810. The van der Waals surface area contributed by atoms with Crippen LogP contribution in [0.15, 0.2) is 0 Å². The zero-order chi connectivity index (χ0) is 9.40. The highest BCUT2D eigenvalue weighted by molar-refractivity contribution is 5.67. The van der Waals surface area contributed by atoms with Crippen LogP contribution >= 0.6 is 0 Å². The topological polar surface area (TPSA) is 70.6 Å². The first-order valence-corrected chi connectivity index (χ1v) is 3.93. The monoisotopic (exact) mass is 176 g/mol. The summed E-state index contributed by atoms with van der Waals surface area (Å²) in [5, 5.41) is 14.1. The molecule has 0 radical (unpaired) electrons. The van der Waals surface area contributed by atoms with Crippen molar-refractivity contribution in [2.24, 2.45) is 0 Å². The minimum Gasteiger partial charge on any atom is -0.450 e. The van der Waals surface area contributed by atoms with Crippen molar-refractivity contribution < 1.29 is 14.6 Å². The van der Waals surface area contributed by atoms with Gasteiger partial charge in [0.05, 0.1) is 19.3 Å². The maximum atomic E-state index is 10.8. The third kappa shape index (κ3) is 4.92. The molecule has 0 heterocycles. The number of hydrogen-bond donors (Lipinski definition) is 3. The summed E-state index contributed by atoms with van der Waals surface area (Å²) in [4.78, 5) is 10.8. The van der Waals surface area contributed by atoms with Crippen LogP contribution in [0.25, 0.3) is 0 Å². The van der Waals surface area contributed by atoms with Gasteiger partial charge in [-0.05, 0) is 14.0 Å². The van der Waals surface area contributed by atoms with E-state index in [1.54, 1.807) is 14.0 Å². The number of nitrogens with one attached hydrogen (secondary N) is 2. The first kappa shape index (κ1) is 11.2. The Labute approximate surface area is 72.1 Å². The largest absolute Gasteiger partial charge is 0.450 e. The molecule has 0 aliphatic carbocycles. The number of ether oxygens (including phenoxy) is 1. The Kier molecular flexibility index (Phi) is 6.41. The first-order valence-electron chi connectivity index (χ1n) is 3.93. The van der Waals surface area contributed by atoms with Gasteiger partial charge in [-0.15, -0.1) is 0 Å². The molecular weight excluding hydrogens is 160 g/mol. The predicted molar refractivity (Wildman–Crippen MR) is 45.0 cm³/mol. The number of hydrogen-bond acceptors (Lipinski definition) is 4. The molecule has 12 heavy (non-hydrogen) atoms. The van der Waals surface area contributed by atoms with Crippen LogP contribution in [0.4, 0.5) is 4.79 Å². The van der Waals surface area contributed by atoms with E-state index in [1.165, 1.54) is 0 Å². The number of rotatable bonds is 5. The Morgan fingerprint density at radius 1 is 1.67 bits per heavy atom. The SMILES string of the molecule is CCOC(=O)NC(CO)CNC. The molecule has 3 N–H and O–H groups in total. The summed E-state index contributed by atoms with van der Waals surface area (Å²) in [5.41, 5.74) is 0. The summed E-state index contributed by atoms with van der Waals surface area (Å²) in [6.07, 6.45) is -0.494. The Morgan fingerprint density at radius 3 is 2.75 bits per heavy atom. The minimum absolute atomic E-state index is 0.0976. The van der Waals surface area contributed by atoms with E-state index in [1.807, 2.05) is 0 Å². The molecule has 5 nitrogen and oxygen atoms in total. The molecule has 1 amide bonds. The van der Waals surface area contributed by atoms with Crippen LogP contribution in [-0.4, -0.2) is 44.0 Å². The maximum Gasteiger partial charge on any atom is 0.407 e. The number of carbonyl (C=O) groups excluding carboxylic acids is 1. The molecule has 0 aromatic heterocycles. The summed E-state index contributed by atoms with van der Waals surface area (Å²) in [5.74, 6) is 0. The molecule has 0 spiro atoms. The predicted octanol–water partition coefficient (Wildman–Crippen LogP) is -0.687. The fourth-order valence-corrected chi connectivity index (χ4v) is 0.747. The molecule has 1 unspecified atom stereocenters. The lowest BCUT2D eigenvalue weighted by Crippen LogP contribution is -2.43. The molecule has 0 bridgehead atoms. The highest BCUT2D eigenvalue weighted by Crippen LogP contribution is 1.82. The molecule has 0 fully saturated rings. The van der Waals surface area contributed by atoms with Gasteiger partial charge >= 0.3 is 6.09 Å². The third-order valence-corrected chi connectivity index (χ3v) is 1.27. The van der Waals surface area contributed by atoms with Gasteiger partial charge in [0.2, 0.25) is 0 Å². The summed E-state index contributed by atoms with van der Waals surface area (Å²) in [7, 11) is 1.75. The van der Waals surface area contributed by atoms with Crippen LogP contribution < -0.4 is 10.6 Å². The molecule has 0 aromatic carbocycles. The van der Waals surface area contributed by atoms with E-state index in [0.29, 0.717) is 13.2 Å². The Bertz CT molecular complexity index is 130. The van der Waals surface area contributed by atoms with E-state index in [2.05, 4.69) is 15.4 Å². The minimum atomic E-state index is -0.494. The average molecular weight is 176 g/mol. The standard InChI is InChI=1S/C7H16N2O3/c1-3-12-7(11)9-6(5-10)4-8-2/h6,8,10H,3-5H2,1-2H3,(H,9,11). The van der Waals surface area contributed by atoms with Gasteiger partial charge in [0.1, 0.15) is 0 Å². The van der Waals surface area contributed by atoms with Crippen LogP contribution in [0, 0.1) is 0 Å². The summed E-state index contributed by atoms with van der Waals surface area (Å²) in [6, 6.07) is -0.283. The molecule has 0 saturated carbocycles. The maximum absolute atomic E-state index is 10.8. The average Bonchev–Trinajstić information content (AvgIpc) is 2.04. The lowest BCUT2D eigenvalue weighted by atomic mass is 10.3. The van der Waals surface area contributed by atoms with Crippen LogP contribution in [-0.2, 0) is 4.74 Å². The van der Waals surface area contributed by atoms with Crippen molar-refractivity contribution in [1.29, 1.82) is 0 Å². The van der Waals surface area contributed by atoms with E-state index in [4.69, 9.17) is 5.11 Å². The molecule has 0 aromatic rings. The number of likely N-dealkylation sites (N-methyl/N-ethyl adjacent to an activating group) is 1. The second-order valence-electron chi connectivity index (χ2n) is 2.30. The van der Waals surface area contributed by atoms with Crippen LogP contribution in [0.3, 0.4) is 0 Å². The first-order chi connectivity index (χ1) is 5.74. The molecule has 0 aliphatic rings. The van der Waals surface area contributed by atoms with Crippen LogP contribution in [0.5, 0.6) is 0 Å². The Balaban J connectivity index is 3.61. The zero-order valence-corrected chi connectivity index (χ0v) is 7.46.